The van der Waals surface area contributed by atoms with Gasteiger partial charge in [-0.1, -0.05) is 13.0 Å². The molecule has 0 radical (unpaired) electrons. The molecule has 0 saturated heterocycles. The summed E-state index contributed by atoms with van der Waals surface area (Å²) in [7, 11) is 1.65. The third-order valence-corrected chi connectivity index (χ3v) is 2.73. The Morgan fingerprint density at radius 3 is 2.83 bits per heavy atom. The van der Waals surface area contributed by atoms with Crippen LogP contribution in [0.25, 0.3) is 11.3 Å². The minimum Gasteiger partial charge on any atom is -0.496 e. The van der Waals surface area contributed by atoms with Gasteiger partial charge in [-0.2, -0.15) is 0 Å². The van der Waals surface area contributed by atoms with Gasteiger partial charge in [-0.15, -0.1) is 0 Å². The molecule has 0 saturated carbocycles. The summed E-state index contributed by atoms with van der Waals surface area (Å²) in [5.74, 6) is 6.49. The van der Waals surface area contributed by atoms with E-state index in [9.17, 15) is 0 Å². The molecule has 0 aliphatic heterocycles. The molecule has 1 heterocycles. The Balaban J connectivity index is 2.53. The first-order valence-electron chi connectivity index (χ1n) is 5.75. The first kappa shape index (κ1) is 12.3. The maximum atomic E-state index is 5.36. The van der Waals surface area contributed by atoms with Crippen LogP contribution in [0.3, 0.4) is 0 Å². The number of ether oxygens (including phenoxy) is 1. The van der Waals surface area contributed by atoms with Crippen LogP contribution in [0.5, 0.6) is 5.75 Å². The SMILES string of the molecule is CCc1ccc(OC)c(-c2ccnc(NN)n2)c1. The zero-order valence-electron chi connectivity index (χ0n) is 10.5. The monoisotopic (exact) mass is 244 g/mol. The van der Waals surface area contributed by atoms with E-state index in [-0.39, 0.29) is 0 Å². The van der Waals surface area contributed by atoms with E-state index < -0.39 is 0 Å². The van der Waals surface area contributed by atoms with Crippen molar-refractivity contribution in [1.82, 2.24) is 9.97 Å². The number of hydrazine groups is 1. The summed E-state index contributed by atoms with van der Waals surface area (Å²) in [6.45, 7) is 2.11. The zero-order valence-corrected chi connectivity index (χ0v) is 10.5. The van der Waals surface area contributed by atoms with Gasteiger partial charge in [-0.05, 0) is 30.2 Å². The first-order valence-corrected chi connectivity index (χ1v) is 5.75. The van der Waals surface area contributed by atoms with E-state index in [1.54, 1.807) is 13.3 Å². The molecule has 2 rings (SSSR count). The molecule has 0 aliphatic carbocycles. The number of hydrogen-bond acceptors (Lipinski definition) is 5. The molecule has 0 amide bonds. The van der Waals surface area contributed by atoms with Crippen molar-refractivity contribution in [2.45, 2.75) is 13.3 Å². The van der Waals surface area contributed by atoms with Crippen LogP contribution < -0.4 is 16.0 Å². The second-order valence-corrected chi connectivity index (χ2v) is 3.80. The Hall–Kier alpha value is -2.14. The number of anilines is 1. The third-order valence-electron chi connectivity index (χ3n) is 2.73. The summed E-state index contributed by atoms with van der Waals surface area (Å²) in [5, 5.41) is 0. The summed E-state index contributed by atoms with van der Waals surface area (Å²) in [5.41, 5.74) is 5.39. The highest BCUT2D eigenvalue weighted by atomic mass is 16.5. The van der Waals surface area contributed by atoms with Gasteiger partial charge in [0, 0.05) is 11.8 Å². The first-order chi connectivity index (χ1) is 8.78. The highest BCUT2D eigenvalue weighted by Crippen LogP contribution is 2.29. The van der Waals surface area contributed by atoms with Gasteiger partial charge in [0.25, 0.3) is 0 Å². The van der Waals surface area contributed by atoms with Gasteiger partial charge < -0.3 is 4.74 Å². The van der Waals surface area contributed by atoms with Crippen molar-refractivity contribution in [1.29, 1.82) is 0 Å². The lowest BCUT2D eigenvalue weighted by Crippen LogP contribution is -2.10. The molecule has 2 aromatic rings. The normalized spacial score (nSPS) is 10.2. The molecule has 0 aliphatic rings. The molecule has 0 atom stereocenters. The van der Waals surface area contributed by atoms with Gasteiger partial charge in [0.15, 0.2) is 0 Å². The number of benzene rings is 1. The highest BCUT2D eigenvalue weighted by Gasteiger charge is 2.09. The van der Waals surface area contributed by atoms with Gasteiger partial charge >= 0.3 is 0 Å². The summed E-state index contributed by atoms with van der Waals surface area (Å²) in [6.07, 6.45) is 2.62. The van der Waals surface area contributed by atoms with E-state index in [0.29, 0.717) is 5.95 Å². The van der Waals surface area contributed by atoms with Crippen LogP contribution in [-0.2, 0) is 6.42 Å². The zero-order chi connectivity index (χ0) is 13.0. The molecular formula is C13H16N4O. The molecule has 0 bridgehead atoms. The molecule has 1 aromatic heterocycles. The van der Waals surface area contributed by atoms with Gasteiger partial charge in [0.2, 0.25) is 5.95 Å². The molecule has 94 valence electrons. The molecule has 5 nitrogen and oxygen atoms in total. The number of nitrogen functional groups attached to an aromatic ring is 1. The highest BCUT2D eigenvalue weighted by molar-refractivity contribution is 5.68. The topological polar surface area (TPSA) is 73.1 Å². The maximum absolute atomic E-state index is 5.36. The Labute approximate surface area is 106 Å². The minimum atomic E-state index is 0.386. The van der Waals surface area contributed by atoms with Crippen molar-refractivity contribution in [3.8, 4) is 17.0 Å². The van der Waals surface area contributed by atoms with Crippen molar-refractivity contribution in [3.05, 3.63) is 36.0 Å². The molecule has 18 heavy (non-hydrogen) atoms. The summed E-state index contributed by atoms with van der Waals surface area (Å²) >= 11 is 0. The number of nitrogens with two attached hydrogens (primary N) is 1. The number of methoxy groups -OCH3 is 1. The predicted octanol–water partition coefficient (Wildman–Crippen LogP) is 2.00. The summed E-state index contributed by atoms with van der Waals surface area (Å²) in [4.78, 5) is 8.31. The van der Waals surface area contributed by atoms with Crippen molar-refractivity contribution < 1.29 is 4.74 Å². The molecular weight excluding hydrogens is 228 g/mol. The van der Waals surface area contributed by atoms with Crippen LogP contribution in [0, 0.1) is 0 Å². The standard InChI is InChI=1S/C13H16N4O/c1-3-9-4-5-12(18-2)10(8-9)11-6-7-15-13(16-11)17-14/h4-8H,3,14H2,1-2H3,(H,15,16,17). The third kappa shape index (κ3) is 2.41. The van der Waals surface area contributed by atoms with E-state index in [1.807, 2.05) is 18.2 Å². The number of aryl methyl sites for hydroxylation is 1. The van der Waals surface area contributed by atoms with Crippen molar-refractivity contribution >= 4 is 5.95 Å². The second kappa shape index (κ2) is 5.46. The predicted molar refractivity (Wildman–Crippen MR) is 71.2 cm³/mol. The summed E-state index contributed by atoms with van der Waals surface area (Å²) in [6, 6.07) is 7.90. The molecule has 1 aromatic carbocycles. The van der Waals surface area contributed by atoms with Gasteiger partial charge in [0.05, 0.1) is 12.8 Å². The summed E-state index contributed by atoms with van der Waals surface area (Å²) < 4.78 is 5.36. The Morgan fingerprint density at radius 2 is 2.17 bits per heavy atom. The lowest BCUT2D eigenvalue weighted by molar-refractivity contribution is 0.416. The Morgan fingerprint density at radius 1 is 1.33 bits per heavy atom. The number of aromatic nitrogens is 2. The number of hydrogen-bond donors (Lipinski definition) is 2. The number of rotatable bonds is 4. The molecule has 0 spiro atoms. The minimum absolute atomic E-state index is 0.386. The lowest BCUT2D eigenvalue weighted by atomic mass is 10.1. The molecule has 0 fully saturated rings. The maximum Gasteiger partial charge on any atom is 0.237 e. The smallest absolute Gasteiger partial charge is 0.237 e. The average Bonchev–Trinajstić information content (AvgIpc) is 2.46. The molecule has 0 unspecified atom stereocenters. The molecule has 3 N–H and O–H groups in total. The van der Waals surface area contributed by atoms with E-state index in [4.69, 9.17) is 10.6 Å². The fourth-order valence-corrected chi connectivity index (χ4v) is 1.75. The second-order valence-electron chi connectivity index (χ2n) is 3.80. The van der Waals surface area contributed by atoms with Crippen LogP contribution >= 0.6 is 0 Å². The van der Waals surface area contributed by atoms with Crippen LogP contribution in [0.15, 0.2) is 30.5 Å². The van der Waals surface area contributed by atoms with Crippen LogP contribution in [0.2, 0.25) is 0 Å². The number of nitrogens with zero attached hydrogens (tertiary/aromatic N) is 2. The van der Waals surface area contributed by atoms with E-state index in [2.05, 4.69) is 28.4 Å². The van der Waals surface area contributed by atoms with Crippen LogP contribution in [0.1, 0.15) is 12.5 Å². The van der Waals surface area contributed by atoms with Crippen LogP contribution in [-0.4, -0.2) is 17.1 Å². The fraction of sp³-hybridized carbons (Fsp3) is 0.231. The van der Waals surface area contributed by atoms with E-state index >= 15 is 0 Å². The van der Waals surface area contributed by atoms with E-state index in [0.717, 1.165) is 23.4 Å². The fourth-order valence-electron chi connectivity index (χ4n) is 1.75. The van der Waals surface area contributed by atoms with Gasteiger partial charge in [-0.3, -0.25) is 5.43 Å². The van der Waals surface area contributed by atoms with Gasteiger partial charge in [-0.25, -0.2) is 15.8 Å². The largest absolute Gasteiger partial charge is 0.496 e. The number of nitrogens with one attached hydrogen (secondary N) is 1. The van der Waals surface area contributed by atoms with Gasteiger partial charge in [0.1, 0.15) is 5.75 Å². The van der Waals surface area contributed by atoms with Crippen molar-refractivity contribution in [2.24, 2.45) is 5.84 Å². The van der Waals surface area contributed by atoms with Crippen molar-refractivity contribution in [3.63, 3.8) is 0 Å². The average molecular weight is 244 g/mol. The van der Waals surface area contributed by atoms with E-state index in [1.165, 1.54) is 5.56 Å². The van der Waals surface area contributed by atoms with Crippen molar-refractivity contribution in [2.75, 3.05) is 12.5 Å². The Kier molecular flexibility index (Phi) is 3.74. The lowest BCUT2D eigenvalue weighted by Gasteiger charge is -2.10. The van der Waals surface area contributed by atoms with Crippen LogP contribution in [0.4, 0.5) is 5.95 Å². The molecule has 5 heteroatoms. The Bertz CT molecular complexity index is 542. The quantitative estimate of drug-likeness (QED) is 0.635.